The maximum absolute atomic E-state index is 13.2. The number of hydrogen-bond acceptors (Lipinski definition) is 5. The first-order valence-corrected chi connectivity index (χ1v) is 8.79. The van der Waals surface area contributed by atoms with Gasteiger partial charge in [-0.2, -0.15) is 0 Å². The molecule has 2 aromatic heterocycles. The Bertz CT molecular complexity index is 996. The van der Waals surface area contributed by atoms with E-state index in [1.807, 2.05) is 6.07 Å². The lowest BCUT2D eigenvalue weighted by atomic mass is 10.1. The number of carbonyl (C=O) groups is 1. The normalized spacial score (nSPS) is 13.9. The second-order valence-corrected chi connectivity index (χ2v) is 6.51. The van der Waals surface area contributed by atoms with Crippen LogP contribution in [0.3, 0.4) is 0 Å². The summed E-state index contributed by atoms with van der Waals surface area (Å²) in [6, 6.07) is 7.73. The third-order valence-electron chi connectivity index (χ3n) is 4.23. The van der Waals surface area contributed by atoms with Crippen molar-refractivity contribution in [2.45, 2.75) is 12.8 Å². The third-order valence-corrected chi connectivity index (χ3v) is 4.50. The molecule has 1 saturated heterocycles. The van der Waals surface area contributed by atoms with Gasteiger partial charge in [-0.25, -0.2) is 14.4 Å². The zero-order chi connectivity index (χ0) is 18.8. The van der Waals surface area contributed by atoms with Crippen LogP contribution < -0.4 is 10.2 Å². The van der Waals surface area contributed by atoms with Crippen molar-refractivity contribution >= 4 is 34.8 Å². The van der Waals surface area contributed by atoms with Crippen LogP contribution in [0.1, 0.15) is 12.8 Å². The van der Waals surface area contributed by atoms with Crippen molar-refractivity contribution in [3.8, 4) is 11.3 Å². The first kappa shape index (κ1) is 17.4. The molecule has 0 unspecified atom stereocenters. The van der Waals surface area contributed by atoms with Gasteiger partial charge >= 0.3 is 0 Å². The Kier molecular flexibility index (Phi) is 4.68. The van der Waals surface area contributed by atoms with Gasteiger partial charge in [-0.1, -0.05) is 11.6 Å². The Labute approximate surface area is 160 Å². The summed E-state index contributed by atoms with van der Waals surface area (Å²) >= 11 is 6.20. The van der Waals surface area contributed by atoms with Gasteiger partial charge in [0.25, 0.3) is 0 Å². The molecule has 0 saturated carbocycles. The quantitative estimate of drug-likeness (QED) is 0.731. The molecule has 1 aliphatic rings. The van der Waals surface area contributed by atoms with Crippen molar-refractivity contribution in [2.75, 3.05) is 16.8 Å². The van der Waals surface area contributed by atoms with Crippen molar-refractivity contribution in [1.29, 1.82) is 0 Å². The number of amides is 1. The molecule has 1 fully saturated rings. The fraction of sp³-hybridized carbons (Fsp3) is 0.158. The first-order chi connectivity index (χ1) is 13.1. The Morgan fingerprint density at radius 2 is 1.96 bits per heavy atom. The number of rotatable bonds is 4. The lowest BCUT2D eigenvalue weighted by molar-refractivity contribution is -0.117. The van der Waals surface area contributed by atoms with Crippen LogP contribution >= 0.6 is 11.6 Å². The zero-order valence-electron chi connectivity index (χ0n) is 14.2. The van der Waals surface area contributed by atoms with Crippen LogP contribution in [0.4, 0.5) is 21.7 Å². The number of pyridine rings is 1. The van der Waals surface area contributed by atoms with E-state index in [4.69, 9.17) is 11.6 Å². The summed E-state index contributed by atoms with van der Waals surface area (Å²) in [7, 11) is 0. The van der Waals surface area contributed by atoms with Crippen LogP contribution in [0.15, 0.2) is 48.9 Å². The first-order valence-electron chi connectivity index (χ1n) is 8.41. The summed E-state index contributed by atoms with van der Waals surface area (Å²) in [6.45, 7) is 0.691. The van der Waals surface area contributed by atoms with Crippen LogP contribution in [-0.2, 0) is 4.79 Å². The maximum atomic E-state index is 13.2. The van der Waals surface area contributed by atoms with E-state index < -0.39 is 0 Å². The van der Waals surface area contributed by atoms with Gasteiger partial charge in [0.2, 0.25) is 11.9 Å². The molecule has 3 heterocycles. The number of nitrogens with zero attached hydrogens (tertiary/aromatic N) is 4. The minimum absolute atomic E-state index is 0.0929. The number of carbonyl (C=O) groups excluding carboxylic acids is 1. The molecular weight excluding hydrogens is 369 g/mol. The van der Waals surface area contributed by atoms with Crippen molar-refractivity contribution < 1.29 is 9.18 Å². The molecule has 0 spiro atoms. The van der Waals surface area contributed by atoms with Crippen LogP contribution in [0.5, 0.6) is 0 Å². The summed E-state index contributed by atoms with van der Waals surface area (Å²) in [4.78, 5) is 26.4. The molecule has 0 bridgehead atoms. The standard InChI is InChI=1S/C19H15ClFN5O/c20-16-11-23-19(25-18(16)12-3-5-13(21)6-4-12)24-14-8-15(10-22-9-14)26-7-1-2-17(26)27/h3-6,8-11H,1-2,7H2,(H,23,24,25). The molecule has 0 radical (unpaired) electrons. The lowest BCUT2D eigenvalue weighted by Gasteiger charge is -2.16. The predicted octanol–water partition coefficient (Wildman–Crippen LogP) is 4.20. The van der Waals surface area contributed by atoms with Gasteiger partial charge in [0, 0.05) is 18.5 Å². The Morgan fingerprint density at radius 3 is 2.70 bits per heavy atom. The highest BCUT2D eigenvalue weighted by molar-refractivity contribution is 6.32. The van der Waals surface area contributed by atoms with E-state index in [0.29, 0.717) is 40.9 Å². The third kappa shape index (κ3) is 3.73. The molecule has 1 aliphatic heterocycles. The number of aromatic nitrogens is 3. The zero-order valence-corrected chi connectivity index (χ0v) is 14.9. The molecule has 1 aromatic carbocycles. The number of benzene rings is 1. The van der Waals surface area contributed by atoms with Gasteiger partial charge in [0.15, 0.2) is 0 Å². The Hall–Kier alpha value is -3.06. The number of hydrogen-bond donors (Lipinski definition) is 1. The summed E-state index contributed by atoms with van der Waals surface area (Å²) in [5.74, 6) is 0.0855. The van der Waals surface area contributed by atoms with Crippen molar-refractivity contribution in [2.24, 2.45) is 0 Å². The van der Waals surface area contributed by atoms with Crippen molar-refractivity contribution in [3.63, 3.8) is 0 Å². The highest BCUT2D eigenvalue weighted by atomic mass is 35.5. The largest absolute Gasteiger partial charge is 0.323 e. The summed E-state index contributed by atoms with van der Waals surface area (Å²) in [5.41, 5.74) is 2.56. The fourth-order valence-corrected chi connectivity index (χ4v) is 3.13. The molecule has 0 aliphatic carbocycles. The number of halogens is 2. The van der Waals surface area contributed by atoms with Gasteiger partial charge in [-0.15, -0.1) is 0 Å². The molecule has 136 valence electrons. The van der Waals surface area contributed by atoms with E-state index in [2.05, 4.69) is 20.3 Å². The van der Waals surface area contributed by atoms with Crippen LogP contribution in [0.2, 0.25) is 5.02 Å². The molecule has 8 heteroatoms. The van der Waals surface area contributed by atoms with Crippen molar-refractivity contribution in [3.05, 3.63) is 59.8 Å². The van der Waals surface area contributed by atoms with Crippen LogP contribution in [-0.4, -0.2) is 27.4 Å². The van der Waals surface area contributed by atoms with Crippen LogP contribution in [0.25, 0.3) is 11.3 Å². The summed E-state index contributed by atoms with van der Waals surface area (Å²) in [6.07, 6.45) is 6.16. The topological polar surface area (TPSA) is 71.0 Å². The Morgan fingerprint density at radius 1 is 1.15 bits per heavy atom. The van der Waals surface area contributed by atoms with Gasteiger partial charge < -0.3 is 10.2 Å². The molecule has 4 rings (SSSR count). The van der Waals surface area contributed by atoms with E-state index in [-0.39, 0.29) is 11.7 Å². The van der Waals surface area contributed by atoms with Crippen molar-refractivity contribution in [1.82, 2.24) is 15.0 Å². The average molecular weight is 384 g/mol. The monoisotopic (exact) mass is 383 g/mol. The molecule has 0 atom stereocenters. The summed E-state index contributed by atoms with van der Waals surface area (Å²) < 4.78 is 13.2. The number of anilines is 3. The fourth-order valence-electron chi connectivity index (χ4n) is 2.93. The molecular formula is C19H15ClFN5O. The second kappa shape index (κ2) is 7.28. The predicted molar refractivity (Wildman–Crippen MR) is 102 cm³/mol. The molecule has 6 nitrogen and oxygen atoms in total. The van der Waals surface area contributed by atoms with E-state index in [0.717, 1.165) is 12.1 Å². The minimum Gasteiger partial charge on any atom is -0.323 e. The van der Waals surface area contributed by atoms with Crippen LogP contribution in [0, 0.1) is 5.82 Å². The van der Waals surface area contributed by atoms with E-state index in [1.54, 1.807) is 29.4 Å². The van der Waals surface area contributed by atoms with E-state index in [1.165, 1.54) is 18.3 Å². The second-order valence-electron chi connectivity index (χ2n) is 6.10. The van der Waals surface area contributed by atoms with E-state index >= 15 is 0 Å². The van der Waals surface area contributed by atoms with Gasteiger partial charge in [0.1, 0.15) is 5.82 Å². The highest BCUT2D eigenvalue weighted by Crippen LogP contribution is 2.28. The van der Waals surface area contributed by atoms with E-state index in [9.17, 15) is 9.18 Å². The highest BCUT2D eigenvalue weighted by Gasteiger charge is 2.22. The maximum Gasteiger partial charge on any atom is 0.227 e. The Balaban J connectivity index is 1.61. The van der Waals surface area contributed by atoms with Gasteiger partial charge in [-0.05, 0) is 36.8 Å². The van der Waals surface area contributed by atoms with Gasteiger partial charge in [0.05, 0.1) is 40.7 Å². The summed E-state index contributed by atoms with van der Waals surface area (Å²) in [5, 5.41) is 3.44. The lowest BCUT2D eigenvalue weighted by Crippen LogP contribution is -2.23. The SMILES string of the molecule is O=C1CCCN1c1cncc(Nc2ncc(Cl)c(-c3ccc(F)cc3)n2)c1. The minimum atomic E-state index is -0.332. The molecule has 1 N–H and O–H groups in total. The van der Waals surface area contributed by atoms with Gasteiger partial charge in [-0.3, -0.25) is 9.78 Å². The average Bonchev–Trinajstić information content (AvgIpc) is 3.10. The molecule has 27 heavy (non-hydrogen) atoms. The molecule has 3 aromatic rings. The number of nitrogens with one attached hydrogen (secondary N) is 1. The smallest absolute Gasteiger partial charge is 0.227 e. The molecule has 1 amide bonds.